The van der Waals surface area contributed by atoms with Gasteiger partial charge in [0.15, 0.2) is 5.13 Å². The van der Waals surface area contributed by atoms with Crippen LogP contribution in [0.25, 0.3) is 0 Å². The van der Waals surface area contributed by atoms with Crippen molar-refractivity contribution in [1.29, 1.82) is 0 Å². The van der Waals surface area contributed by atoms with Crippen LogP contribution < -0.4 is 10.6 Å². The molecule has 6 heteroatoms. The van der Waals surface area contributed by atoms with Gasteiger partial charge in [0, 0.05) is 18.2 Å². The van der Waals surface area contributed by atoms with E-state index in [4.69, 9.17) is 0 Å². The van der Waals surface area contributed by atoms with Gasteiger partial charge in [-0.3, -0.25) is 9.59 Å². The predicted octanol–water partition coefficient (Wildman–Crippen LogP) is 3.57. The molecule has 2 N–H and O–H groups in total. The lowest BCUT2D eigenvalue weighted by atomic mass is 9.92. The quantitative estimate of drug-likeness (QED) is 0.869. The Morgan fingerprint density at radius 3 is 2.14 bits per heavy atom. The maximum atomic E-state index is 11.8. The number of carbonyl (C=O) groups is 2. The number of anilines is 1. The van der Waals surface area contributed by atoms with Crippen LogP contribution in [0.4, 0.5) is 5.13 Å². The molecule has 1 heterocycles. The second-order valence-corrected chi connectivity index (χ2v) is 8.80. The average molecular weight is 325 g/mol. The normalized spacial score (nSPS) is 12.1. The van der Waals surface area contributed by atoms with Gasteiger partial charge in [-0.05, 0) is 10.8 Å². The molecule has 22 heavy (non-hydrogen) atoms. The molecule has 0 unspecified atom stereocenters. The highest BCUT2D eigenvalue weighted by Gasteiger charge is 2.18. The summed E-state index contributed by atoms with van der Waals surface area (Å²) >= 11 is 1.37. The van der Waals surface area contributed by atoms with E-state index in [1.807, 2.05) is 46.9 Å². The van der Waals surface area contributed by atoms with Gasteiger partial charge in [0.25, 0.3) is 0 Å². The van der Waals surface area contributed by atoms with E-state index in [9.17, 15) is 9.59 Å². The lowest BCUT2D eigenvalue weighted by Gasteiger charge is -2.17. The molecule has 124 valence electrons. The number of aromatic nitrogens is 1. The Bertz CT molecular complexity index is 524. The van der Waals surface area contributed by atoms with Crippen LogP contribution in [-0.2, 0) is 16.1 Å². The zero-order valence-corrected chi connectivity index (χ0v) is 15.2. The van der Waals surface area contributed by atoms with Gasteiger partial charge in [0.2, 0.25) is 11.8 Å². The molecule has 0 saturated heterocycles. The van der Waals surface area contributed by atoms with Crippen molar-refractivity contribution in [3.05, 3.63) is 11.1 Å². The Morgan fingerprint density at radius 1 is 1.05 bits per heavy atom. The maximum absolute atomic E-state index is 11.8. The molecule has 5 nitrogen and oxygen atoms in total. The van der Waals surface area contributed by atoms with Crippen LogP contribution in [-0.4, -0.2) is 16.8 Å². The minimum Gasteiger partial charge on any atom is -0.350 e. The smallest absolute Gasteiger partial charge is 0.226 e. The minimum absolute atomic E-state index is 0.0128. The molecule has 2 amide bonds. The van der Waals surface area contributed by atoms with Gasteiger partial charge in [-0.15, -0.1) is 11.3 Å². The van der Waals surface area contributed by atoms with Crippen LogP contribution in [0.3, 0.4) is 0 Å². The lowest BCUT2D eigenvalue weighted by molar-refractivity contribution is -0.123. The highest BCUT2D eigenvalue weighted by molar-refractivity contribution is 7.13. The van der Waals surface area contributed by atoms with Crippen molar-refractivity contribution in [1.82, 2.24) is 10.3 Å². The highest BCUT2D eigenvalue weighted by atomic mass is 32.1. The first-order chi connectivity index (χ1) is 9.94. The molecule has 0 aliphatic carbocycles. The first-order valence-corrected chi connectivity index (χ1v) is 8.33. The van der Waals surface area contributed by atoms with Crippen molar-refractivity contribution >= 4 is 28.3 Å². The van der Waals surface area contributed by atoms with Crippen molar-refractivity contribution < 1.29 is 9.59 Å². The van der Waals surface area contributed by atoms with Gasteiger partial charge >= 0.3 is 0 Å². The van der Waals surface area contributed by atoms with E-state index in [0.717, 1.165) is 5.69 Å². The van der Waals surface area contributed by atoms with E-state index < -0.39 is 0 Å². The van der Waals surface area contributed by atoms with E-state index in [2.05, 4.69) is 15.6 Å². The SMILES string of the molecule is CC(C)(C)CC(=O)NCc1csc(NC(=O)CC(C)(C)C)n1. The van der Waals surface area contributed by atoms with E-state index in [1.54, 1.807) is 0 Å². The number of amides is 2. The fraction of sp³-hybridized carbons (Fsp3) is 0.688. The topological polar surface area (TPSA) is 71.1 Å². The van der Waals surface area contributed by atoms with Crippen LogP contribution in [0.5, 0.6) is 0 Å². The van der Waals surface area contributed by atoms with Crippen LogP contribution in [0.1, 0.15) is 60.1 Å². The summed E-state index contributed by atoms with van der Waals surface area (Å²) in [5.74, 6) is -0.0241. The predicted molar refractivity (Wildman–Crippen MR) is 90.7 cm³/mol. The fourth-order valence-electron chi connectivity index (χ4n) is 1.82. The number of nitrogens with zero attached hydrogens (tertiary/aromatic N) is 1. The summed E-state index contributed by atoms with van der Waals surface area (Å²) in [5, 5.41) is 8.08. The molecular formula is C16H27N3O2S. The van der Waals surface area contributed by atoms with Crippen molar-refractivity contribution in [2.24, 2.45) is 10.8 Å². The molecule has 0 atom stereocenters. The largest absolute Gasteiger partial charge is 0.350 e. The van der Waals surface area contributed by atoms with E-state index in [-0.39, 0.29) is 22.6 Å². The van der Waals surface area contributed by atoms with Gasteiger partial charge in [-0.2, -0.15) is 0 Å². The Hall–Kier alpha value is -1.43. The minimum atomic E-state index is -0.0505. The standard InChI is InChI=1S/C16H27N3O2S/c1-15(2,3)7-12(20)17-9-11-10-22-14(18-11)19-13(21)8-16(4,5)6/h10H,7-9H2,1-6H3,(H,17,20)(H,18,19,21). The van der Waals surface area contributed by atoms with E-state index in [0.29, 0.717) is 24.5 Å². The van der Waals surface area contributed by atoms with Crippen LogP contribution in [0.2, 0.25) is 0 Å². The molecule has 1 aromatic rings. The Kier molecular flexibility index (Phi) is 6.11. The number of hydrogen-bond acceptors (Lipinski definition) is 4. The summed E-state index contributed by atoms with van der Waals surface area (Å²) < 4.78 is 0. The average Bonchev–Trinajstić information content (AvgIpc) is 2.68. The summed E-state index contributed by atoms with van der Waals surface area (Å²) in [7, 11) is 0. The number of rotatable bonds is 5. The molecule has 0 aliphatic rings. The number of nitrogens with one attached hydrogen (secondary N) is 2. The first-order valence-electron chi connectivity index (χ1n) is 7.46. The molecule has 0 radical (unpaired) electrons. The summed E-state index contributed by atoms with van der Waals surface area (Å²) in [5.41, 5.74) is 0.682. The molecule has 0 fully saturated rings. The van der Waals surface area contributed by atoms with Crippen LogP contribution in [0, 0.1) is 10.8 Å². The number of hydrogen-bond donors (Lipinski definition) is 2. The zero-order chi connectivity index (χ0) is 17.0. The second-order valence-electron chi connectivity index (χ2n) is 7.94. The van der Waals surface area contributed by atoms with Crippen molar-refractivity contribution in [3.8, 4) is 0 Å². The van der Waals surface area contributed by atoms with Crippen LogP contribution in [0.15, 0.2) is 5.38 Å². The summed E-state index contributed by atoms with van der Waals surface area (Å²) in [6, 6.07) is 0. The van der Waals surface area contributed by atoms with Gasteiger partial charge in [0.1, 0.15) is 0 Å². The van der Waals surface area contributed by atoms with Crippen molar-refractivity contribution in [2.45, 2.75) is 60.9 Å². The van der Waals surface area contributed by atoms with Gasteiger partial charge in [-0.25, -0.2) is 4.98 Å². The van der Waals surface area contributed by atoms with Crippen molar-refractivity contribution in [3.63, 3.8) is 0 Å². The van der Waals surface area contributed by atoms with E-state index in [1.165, 1.54) is 11.3 Å². The summed E-state index contributed by atoms with van der Waals surface area (Å²) in [6.07, 6.45) is 0.927. The first kappa shape index (κ1) is 18.6. The second kappa shape index (κ2) is 7.22. The molecule has 0 aromatic carbocycles. The molecule has 0 saturated carbocycles. The van der Waals surface area contributed by atoms with E-state index >= 15 is 0 Å². The molecule has 0 spiro atoms. The lowest BCUT2D eigenvalue weighted by Crippen LogP contribution is -2.27. The van der Waals surface area contributed by atoms with Crippen LogP contribution >= 0.6 is 11.3 Å². The summed E-state index contributed by atoms with van der Waals surface area (Å²) in [6.45, 7) is 12.5. The third kappa shape index (κ3) is 8.12. The van der Waals surface area contributed by atoms with Gasteiger partial charge in [0.05, 0.1) is 12.2 Å². The number of thiazole rings is 1. The fourth-order valence-corrected chi connectivity index (χ4v) is 2.55. The molecule has 0 aliphatic heterocycles. The monoisotopic (exact) mass is 325 g/mol. The maximum Gasteiger partial charge on any atom is 0.226 e. The number of carbonyl (C=O) groups excluding carboxylic acids is 2. The molecule has 0 bridgehead atoms. The molecule has 1 rings (SSSR count). The van der Waals surface area contributed by atoms with Crippen molar-refractivity contribution in [2.75, 3.05) is 5.32 Å². The Morgan fingerprint density at radius 2 is 1.59 bits per heavy atom. The third-order valence-corrected chi connectivity index (χ3v) is 3.45. The third-order valence-electron chi connectivity index (χ3n) is 2.65. The summed E-state index contributed by atoms with van der Waals surface area (Å²) in [4.78, 5) is 27.9. The zero-order valence-electron chi connectivity index (χ0n) is 14.4. The Balaban J connectivity index is 2.45. The Labute approximate surface area is 136 Å². The van der Waals surface area contributed by atoms with Gasteiger partial charge in [-0.1, -0.05) is 41.5 Å². The molecule has 1 aromatic heterocycles. The highest BCUT2D eigenvalue weighted by Crippen LogP contribution is 2.21. The molecular weight excluding hydrogens is 298 g/mol. The van der Waals surface area contributed by atoms with Gasteiger partial charge < -0.3 is 10.6 Å².